The molecule has 0 aliphatic rings. The van der Waals surface area contributed by atoms with E-state index in [1.165, 1.54) is 0 Å². The zero-order valence-corrected chi connectivity index (χ0v) is 9.94. The first-order valence-corrected chi connectivity index (χ1v) is 5.33. The van der Waals surface area contributed by atoms with E-state index in [-0.39, 0.29) is 0 Å². The highest BCUT2D eigenvalue weighted by molar-refractivity contribution is 5.82. The molecule has 0 fully saturated rings. The summed E-state index contributed by atoms with van der Waals surface area (Å²) < 4.78 is 10.5. The largest absolute Gasteiger partial charge is 0.497 e. The van der Waals surface area contributed by atoms with Crippen molar-refractivity contribution in [3.8, 4) is 22.6 Å². The van der Waals surface area contributed by atoms with Gasteiger partial charge in [-0.3, -0.25) is 0 Å². The highest BCUT2D eigenvalue weighted by Crippen LogP contribution is 2.35. The maximum absolute atomic E-state index is 5.99. The molecule has 0 unspecified atom stereocenters. The number of hydrogen-bond donors (Lipinski definition) is 1. The Hall–Kier alpha value is -2.16. The molecule has 2 aromatic carbocycles. The van der Waals surface area contributed by atoms with Crippen LogP contribution in [0.5, 0.6) is 11.5 Å². The molecule has 0 amide bonds. The first-order chi connectivity index (χ1) is 8.26. The third-order valence-electron chi connectivity index (χ3n) is 2.66. The number of benzene rings is 2. The van der Waals surface area contributed by atoms with Gasteiger partial charge in [-0.2, -0.15) is 0 Å². The molecule has 3 heteroatoms. The van der Waals surface area contributed by atoms with E-state index in [0.717, 1.165) is 22.6 Å². The maximum Gasteiger partial charge on any atom is 0.128 e. The first-order valence-electron chi connectivity index (χ1n) is 5.33. The van der Waals surface area contributed by atoms with E-state index < -0.39 is 0 Å². The number of nitrogens with two attached hydrogens (primary N) is 1. The van der Waals surface area contributed by atoms with Crippen LogP contribution < -0.4 is 15.2 Å². The monoisotopic (exact) mass is 229 g/mol. The average molecular weight is 229 g/mol. The zero-order valence-electron chi connectivity index (χ0n) is 9.94. The first kappa shape index (κ1) is 11.3. The van der Waals surface area contributed by atoms with Crippen molar-refractivity contribution in [3.05, 3.63) is 42.5 Å². The van der Waals surface area contributed by atoms with Gasteiger partial charge in [0, 0.05) is 11.3 Å². The lowest BCUT2D eigenvalue weighted by atomic mass is 10.0. The molecule has 0 aromatic heterocycles. The van der Waals surface area contributed by atoms with E-state index in [9.17, 15) is 0 Å². The Balaban J connectivity index is 2.51. The lowest BCUT2D eigenvalue weighted by molar-refractivity contribution is 0.414. The zero-order chi connectivity index (χ0) is 12.3. The predicted molar refractivity (Wildman–Crippen MR) is 69.4 cm³/mol. The van der Waals surface area contributed by atoms with Gasteiger partial charge in [-0.1, -0.05) is 18.2 Å². The molecule has 17 heavy (non-hydrogen) atoms. The molecule has 88 valence electrons. The fourth-order valence-corrected chi connectivity index (χ4v) is 1.78. The van der Waals surface area contributed by atoms with Gasteiger partial charge < -0.3 is 15.2 Å². The molecule has 0 aliphatic carbocycles. The summed E-state index contributed by atoms with van der Waals surface area (Å²) in [5.41, 5.74) is 8.62. The van der Waals surface area contributed by atoms with Crippen LogP contribution in [-0.2, 0) is 0 Å². The lowest BCUT2D eigenvalue weighted by Gasteiger charge is -2.11. The van der Waals surface area contributed by atoms with Gasteiger partial charge in [0.05, 0.1) is 14.2 Å². The van der Waals surface area contributed by atoms with Gasteiger partial charge in [0.15, 0.2) is 0 Å². The Kier molecular flexibility index (Phi) is 3.19. The van der Waals surface area contributed by atoms with Crippen molar-refractivity contribution in [1.29, 1.82) is 0 Å². The minimum absolute atomic E-state index is 0.703. The highest BCUT2D eigenvalue weighted by atomic mass is 16.5. The molecule has 2 N–H and O–H groups in total. The second kappa shape index (κ2) is 4.78. The molecule has 0 atom stereocenters. The van der Waals surface area contributed by atoms with Crippen molar-refractivity contribution < 1.29 is 9.47 Å². The van der Waals surface area contributed by atoms with Crippen LogP contribution in [0.1, 0.15) is 0 Å². The van der Waals surface area contributed by atoms with Gasteiger partial charge in [0.25, 0.3) is 0 Å². The third-order valence-corrected chi connectivity index (χ3v) is 2.66. The van der Waals surface area contributed by atoms with Crippen LogP contribution in [0.3, 0.4) is 0 Å². The quantitative estimate of drug-likeness (QED) is 0.823. The minimum Gasteiger partial charge on any atom is -0.497 e. The third kappa shape index (κ3) is 2.18. The van der Waals surface area contributed by atoms with E-state index in [1.54, 1.807) is 14.2 Å². The van der Waals surface area contributed by atoms with Crippen molar-refractivity contribution in [2.45, 2.75) is 0 Å². The normalized spacial score (nSPS) is 10.0. The maximum atomic E-state index is 5.99. The number of rotatable bonds is 3. The molecule has 0 radical (unpaired) electrons. The van der Waals surface area contributed by atoms with Crippen molar-refractivity contribution in [2.75, 3.05) is 20.0 Å². The van der Waals surface area contributed by atoms with Crippen LogP contribution in [-0.4, -0.2) is 14.2 Å². The number of nitrogen functional groups attached to an aromatic ring is 1. The second-order valence-electron chi connectivity index (χ2n) is 3.65. The summed E-state index contributed by atoms with van der Waals surface area (Å²) in [7, 11) is 3.29. The molecule has 0 saturated carbocycles. The van der Waals surface area contributed by atoms with Gasteiger partial charge in [0.2, 0.25) is 0 Å². The molecule has 2 aromatic rings. The Bertz CT molecular complexity index is 506. The summed E-state index contributed by atoms with van der Waals surface area (Å²) in [6.07, 6.45) is 0. The molecular formula is C14H15NO2. The van der Waals surface area contributed by atoms with Crippen LogP contribution in [0.4, 0.5) is 5.69 Å². The van der Waals surface area contributed by atoms with Gasteiger partial charge in [-0.05, 0) is 29.8 Å². The summed E-state index contributed by atoms with van der Waals surface area (Å²) in [6, 6.07) is 13.4. The van der Waals surface area contributed by atoms with Gasteiger partial charge in [-0.25, -0.2) is 0 Å². The number of ether oxygens (including phenoxy) is 2. The van der Waals surface area contributed by atoms with Crippen molar-refractivity contribution in [1.82, 2.24) is 0 Å². The SMILES string of the molecule is COc1ccc(-c2c(N)cccc2OC)cc1. The Labute approximate surface area is 101 Å². The van der Waals surface area contributed by atoms with Crippen molar-refractivity contribution >= 4 is 5.69 Å². The van der Waals surface area contributed by atoms with Crippen molar-refractivity contribution in [3.63, 3.8) is 0 Å². The number of anilines is 1. The molecule has 2 rings (SSSR count). The second-order valence-corrected chi connectivity index (χ2v) is 3.65. The van der Waals surface area contributed by atoms with E-state index in [1.807, 2.05) is 42.5 Å². The van der Waals surface area contributed by atoms with Crippen molar-refractivity contribution in [2.24, 2.45) is 0 Å². The predicted octanol–water partition coefficient (Wildman–Crippen LogP) is 2.95. The molecule has 0 heterocycles. The fourth-order valence-electron chi connectivity index (χ4n) is 1.78. The Morgan fingerprint density at radius 3 is 2.18 bits per heavy atom. The Morgan fingerprint density at radius 1 is 0.882 bits per heavy atom. The highest BCUT2D eigenvalue weighted by Gasteiger charge is 2.09. The smallest absolute Gasteiger partial charge is 0.128 e. The van der Waals surface area contributed by atoms with E-state index in [2.05, 4.69) is 0 Å². The van der Waals surface area contributed by atoms with Gasteiger partial charge in [0.1, 0.15) is 11.5 Å². The molecular weight excluding hydrogens is 214 g/mol. The van der Waals surface area contributed by atoms with Crippen LogP contribution in [0, 0.1) is 0 Å². The topological polar surface area (TPSA) is 44.5 Å². The summed E-state index contributed by atoms with van der Waals surface area (Å²) in [5, 5.41) is 0. The van der Waals surface area contributed by atoms with E-state index in [4.69, 9.17) is 15.2 Å². The summed E-state index contributed by atoms with van der Waals surface area (Å²) >= 11 is 0. The molecule has 0 bridgehead atoms. The lowest BCUT2D eigenvalue weighted by Crippen LogP contribution is -1.94. The minimum atomic E-state index is 0.703. The van der Waals surface area contributed by atoms with Crippen LogP contribution in [0.2, 0.25) is 0 Å². The summed E-state index contributed by atoms with van der Waals surface area (Å²) in [6.45, 7) is 0. The standard InChI is InChI=1S/C14H15NO2/c1-16-11-8-6-10(7-9-11)14-12(15)4-3-5-13(14)17-2/h3-9H,15H2,1-2H3. The molecule has 0 spiro atoms. The Morgan fingerprint density at radius 2 is 1.59 bits per heavy atom. The molecule has 3 nitrogen and oxygen atoms in total. The van der Waals surface area contributed by atoms with Crippen LogP contribution in [0.25, 0.3) is 11.1 Å². The summed E-state index contributed by atoms with van der Waals surface area (Å²) in [4.78, 5) is 0. The molecule has 0 aliphatic heterocycles. The van der Waals surface area contributed by atoms with E-state index in [0.29, 0.717) is 5.69 Å². The van der Waals surface area contributed by atoms with Gasteiger partial charge in [-0.15, -0.1) is 0 Å². The molecule has 0 saturated heterocycles. The van der Waals surface area contributed by atoms with Crippen LogP contribution >= 0.6 is 0 Å². The van der Waals surface area contributed by atoms with Gasteiger partial charge >= 0.3 is 0 Å². The van der Waals surface area contributed by atoms with E-state index >= 15 is 0 Å². The average Bonchev–Trinajstić information content (AvgIpc) is 2.38. The number of methoxy groups -OCH3 is 2. The fraction of sp³-hybridized carbons (Fsp3) is 0.143. The number of hydrogen-bond acceptors (Lipinski definition) is 3. The van der Waals surface area contributed by atoms with Crippen LogP contribution in [0.15, 0.2) is 42.5 Å². The summed E-state index contributed by atoms with van der Waals surface area (Å²) in [5.74, 6) is 1.59.